The largest absolute Gasteiger partial charge is 0.361 e. The minimum atomic E-state index is -0.430. The molecule has 1 aliphatic carbocycles. The van der Waals surface area contributed by atoms with E-state index < -0.39 is 4.92 Å². The molecule has 0 amide bonds. The number of hydrogen-bond acceptors (Lipinski definition) is 7. The molecule has 28 heavy (non-hydrogen) atoms. The molecule has 1 aromatic carbocycles. The molecule has 144 valence electrons. The van der Waals surface area contributed by atoms with Crippen molar-refractivity contribution < 1.29 is 4.92 Å². The third kappa shape index (κ3) is 3.71. The highest BCUT2D eigenvalue weighted by atomic mass is 16.6. The lowest BCUT2D eigenvalue weighted by Gasteiger charge is -2.23. The highest BCUT2D eigenvalue weighted by Gasteiger charge is 2.26. The van der Waals surface area contributed by atoms with Crippen LogP contribution in [0.4, 0.5) is 23.0 Å². The molecule has 8 nitrogen and oxygen atoms in total. The van der Waals surface area contributed by atoms with E-state index in [0.717, 1.165) is 48.0 Å². The Morgan fingerprint density at radius 2 is 1.86 bits per heavy atom. The summed E-state index contributed by atoms with van der Waals surface area (Å²) in [6, 6.07) is 9.72. The summed E-state index contributed by atoms with van der Waals surface area (Å²) in [6.07, 6.45) is 6.82. The fraction of sp³-hybridized carbons (Fsp3) is 0.350. The van der Waals surface area contributed by atoms with Crippen molar-refractivity contribution in [2.75, 3.05) is 10.6 Å². The molecule has 8 heteroatoms. The van der Waals surface area contributed by atoms with Gasteiger partial charge in [-0.05, 0) is 44.0 Å². The number of rotatable bonds is 5. The molecule has 2 aromatic heterocycles. The third-order valence-electron chi connectivity index (χ3n) is 5.08. The lowest BCUT2D eigenvalue weighted by atomic mass is 9.95. The Labute approximate surface area is 162 Å². The lowest BCUT2D eigenvalue weighted by molar-refractivity contribution is -0.383. The van der Waals surface area contributed by atoms with Crippen LogP contribution in [0.3, 0.4) is 0 Å². The van der Waals surface area contributed by atoms with Gasteiger partial charge in [-0.15, -0.1) is 0 Å². The highest BCUT2D eigenvalue weighted by Crippen LogP contribution is 2.34. The maximum atomic E-state index is 11.8. The Morgan fingerprint density at radius 3 is 2.64 bits per heavy atom. The zero-order valence-corrected chi connectivity index (χ0v) is 15.7. The van der Waals surface area contributed by atoms with Gasteiger partial charge in [0.15, 0.2) is 0 Å². The molecule has 0 atom stereocenters. The number of aryl methyl sites for hydroxylation is 1. The summed E-state index contributed by atoms with van der Waals surface area (Å²) >= 11 is 0. The van der Waals surface area contributed by atoms with Crippen LogP contribution in [0.5, 0.6) is 0 Å². The molecule has 2 heterocycles. The van der Waals surface area contributed by atoms with Gasteiger partial charge in [-0.25, -0.2) is 9.97 Å². The molecule has 3 aromatic rings. The highest BCUT2D eigenvalue weighted by molar-refractivity contribution is 5.94. The number of benzene rings is 1. The van der Waals surface area contributed by atoms with Gasteiger partial charge in [0.1, 0.15) is 6.33 Å². The van der Waals surface area contributed by atoms with Crippen molar-refractivity contribution >= 4 is 33.9 Å². The summed E-state index contributed by atoms with van der Waals surface area (Å²) in [4.78, 5) is 24.2. The maximum absolute atomic E-state index is 11.8. The Kier molecular flexibility index (Phi) is 5.01. The second kappa shape index (κ2) is 7.75. The predicted octanol–water partition coefficient (Wildman–Crippen LogP) is 4.73. The molecule has 0 aliphatic heterocycles. The van der Waals surface area contributed by atoms with Crippen LogP contribution >= 0.6 is 0 Å². The predicted molar refractivity (Wildman–Crippen MR) is 109 cm³/mol. The van der Waals surface area contributed by atoms with Crippen molar-refractivity contribution in [1.29, 1.82) is 0 Å². The summed E-state index contributed by atoms with van der Waals surface area (Å²) in [5.74, 6) is 0.440. The van der Waals surface area contributed by atoms with Gasteiger partial charge in [0.05, 0.1) is 10.4 Å². The molecular weight excluding hydrogens is 356 g/mol. The van der Waals surface area contributed by atoms with Gasteiger partial charge in [0, 0.05) is 22.8 Å². The number of pyridine rings is 1. The Bertz CT molecular complexity index is 1020. The first-order valence-electron chi connectivity index (χ1n) is 9.51. The molecule has 0 radical (unpaired) electrons. The normalized spacial score (nSPS) is 14.8. The van der Waals surface area contributed by atoms with Crippen molar-refractivity contribution in [3.8, 4) is 0 Å². The molecule has 0 saturated heterocycles. The summed E-state index contributed by atoms with van der Waals surface area (Å²) in [6.45, 7) is 1.93. The van der Waals surface area contributed by atoms with Gasteiger partial charge < -0.3 is 10.6 Å². The van der Waals surface area contributed by atoms with E-state index in [1.165, 1.54) is 12.7 Å². The number of nitrogens with zero attached hydrogens (tertiary/aromatic N) is 4. The van der Waals surface area contributed by atoms with Crippen LogP contribution in [-0.4, -0.2) is 25.9 Å². The summed E-state index contributed by atoms with van der Waals surface area (Å²) in [5.41, 5.74) is 2.32. The van der Waals surface area contributed by atoms with Crippen LogP contribution in [0.25, 0.3) is 10.9 Å². The Hall–Kier alpha value is -3.29. The zero-order chi connectivity index (χ0) is 19.5. The number of hydrogen-bond donors (Lipinski definition) is 2. The average molecular weight is 378 g/mol. The van der Waals surface area contributed by atoms with Gasteiger partial charge in [-0.2, -0.15) is 0 Å². The van der Waals surface area contributed by atoms with E-state index in [1.807, 2.05) is 37.3 Å². The van der Waals surface area contributed by atoms with Crippen LogP contribution in [0.1, 0.15) is 37.8 Å². The quantitative estimate of drug-likeness (QED) is 0.488. The van der Waals surface area contributed by atoms with Gasteiger partial charge >= 0.3 is 5.69 Å². The van der Waals surface area contributed by atoms with Crippen molar-refractivity contribution in [1.82, 2.24) is 15.0 Å². The number of fused-ring (bicyclic) bond motifs is 1. The molecule has 0 spiro atoms. The number of nitro groups is 1. The first-order chi connectivity index (χ1) is 13.6. The third-order valence-corrected chi connectivity index (χ3v) is 5.08. The Morgan fingerprint density at radius 1 is 1.07 bits per heavy atom. The average Bonchev–Trinajstić information content (AvgIpc) is 2.68. The van der Waals surface area contributed by atoms with E-state index in [9.17, 15) is 10.1 Å². The van der Waals surface area contributed by atoms with E-state index in [1.54, 1.807) is 0 Å². The van der Waals surface area contributed by atoms with Crippen molar-refractivity contribution in [3.63, 3.8) is 0 Å². The minimum absolute atomic E-state index is 0.134. The van der Waals surface area contributed by atoms with Crippen LogP contribution in [-0.2, 0) is 0 Å². The molecule has 2 N–H and O–H groups in total. The van der Waals surface area contributed by atoms with Crippen LogP contribution in [0, 0.1) is 17.0 Å². The molecular formula is C20H22N6O2. The number of nitrogens with one attached hydrogen (secondary N) is 2. The fourth-order valence-electron chi connectivity index (χ4n) is 3.68. The van der Waals surface area contributed by atoms with Crippen LogP contribution < -0.4 is 10.6 Å². The molecule has 4 rings (SSSR count). The molecule has 1 fully saturated rings. The van der Waals surface area contributed by atoms with E-state index in [2.05, 4.69) is 25.6 Å². The number of anilines is 3. The maximum Gasteiger partial charge on any atom is 0.353 e. The second-order valence-corrected chi connectivity index (χ2v) is 7.11. The van der Waals surface area contributed by atoms with Gasteiger partial charge in [-0.1, -0.05) is 25.3 Å². The Balaban J connectivity index is 1.70. The van der Waals surface area contributed by atoms with Gasteiger partial charge in [-0.3, -0.25) is 15.1 Å². The van der Waals surface area contributed by atoms with Gasteiger partial charge in [0.25, 0.3) is 0 Å². The second-order valence-electron chi connectivity index (χ2n) is 7.11. The van der Waals surface area contributed by atoms with Crippen molar-refractivity contribution in [2.45, 2.75) is 45.1 Å². The fourth-order valence-corrected chi connectivity index (χ4v) is 3.68. The van der Waals surface area contributed by atoms with Crippen molar-refractivity contribution in [3.05, 3.63) is 52.5 Å². The topological polar surface area (TPSA) is 106 Å². The van der Waals surface area contributed by atoms with Crippen LogP contribution in [0.15, 0.2) is 36.7 Å². The minimum Gasteiger partial charge on any atom is -0.361 e. The SMILES string of the molecule is Cc1ccc2c(Nc3ncnc(NC4CCCCC4)c3[N+](=O)[O-])cccc2n1. The summed E-state index contributed by atoms with van der Waals surface area (Å²) in [7, 11) is 0. The molecule has 0 unspecified atom stereocenters. The van der Waals surface area contributed by atoms with E-state index >= 15 is 0 Å². The number of aromatic nitrogens is 3. The lowest BCUT2D eigenvalue weighted by Crippen LogP contribution is -2.23. The summed E-state index contributed by atoms with van der Waals surface area (Å²) in [5, 5.41) is 19.1. The first kappa shape index (κ1) is 18.1. The standard InChI is InChI=1S/C20H22N6O2/c1-13-10-11-15-16(23-13)8-5-9-17(15)25-20-18(26(27)28)19(21-12-22-20)24-14-6-3-2-4-7-14/h5,8-12,14H,2-4,6-7H2,1H3,(H2,21,22,24,25). The molecule has 1 saturated carbocycles. The van der Waals surface area contributed by atoms with Gasteiger partial charge in [0.2, 0.25) is 11.6 Å². The molecule has 1 aliphatic rings. The van der Waals surface area contributed by atoms with Crippen molar-refractivity contribution in [2.24, 2.45) is 0 Å². The van der Waals surface area contributed by atoms with Crippen LogP contribution in [0.2, 0.25) is 0 Å². The smallest absolute Gasteiger partial charge is 0.353 e. The zero-order valence-electron chi connectivity index (χ0n) is 15.7. The van der Waals surface area contributed by atoms with E-state index in [0.29, 0.717) is 0 Å². The van der Waals surface area contributed by atoms with E-state index in [-0.39, 0.29) is 23.4 Å². The summed E-state index contributed by atoms with van der Waals surface area (Å²) < 4.78 is 0. The first-order valence-corrected chi connectivity index (χ1v) is 9.51. The van der Waals surface area contributed by atoms with E-state index in [4.69, 9.17) is 0 Å². The molecule has 0 bridgehead atoms. The monoisotopic (exact) mass is 378 g/mol.